The molecule has 224 valence electrons. The molecule has 42 heavy (non-hydrogen) atoms. The zero-order chi connectivity index (χ0) is 30.1. The smallest absolute Gasteiger partial charge is 0.306 e. The topological polar surface area (TPSA) is 95.7 Å². The van der Waals surface area contributed by atoms with E-state index in [1.165, 1.54) is 0 Å². The van der Waals surface area contributed by atoms with Crippen LogP contribution in [0.15, 0.2) is 54.6 Å². The minimum atomic E-state index is -0.600. The molecule has 1 heterocycles. The zero-order valence-electron chi connectivity index (χ0n) is 25.4. The molecule has 3 aromatic carbocycles. The van der Waals surface area contributed by atoms with E-state index in [2.05, 4.69) is 22.4 Å². The van der Waals surface area contributed by atoms with Crippen molar-refractivity contribution in [1.29, 1.82) is 0 Å². The molecular formula is C34H43N3O5. The van der Waals surface area contributed by atoms with Gasteiger partial charge >= 0.3 is 5.97 Å². The Morgan fingerprint density at radius 2 is 1.79 bits per heavy atom. The Hall–Kier alpha value is -3.75. The third-order valence-corrected chi connectivity index (χ3v) is 7.78. The van der Waals surface area contributed by atoms with E-state index in [0.717, 1.165) is 76.0 Å². The quantitative estimate of drug-likeness (QED) is 0.127. The van der Waals surface area contributed by atoms with Gasteiger partial charge in [-0.15, -0.1) is 5.10 Å². The lowest BCUT2D eigenvalue weighted by atomic mass is 9.84. The number of carbonyl (C=O) groups is 1. The number of hydrogen-bond acceptors (Lipinski definition) is 7. The van der Waals surface area contributed by atoms with Crippen molar-refractivity contribution in [3.63, 3.8) is 0 Å². The van der Waals surface area contributed by atoms with Crippen molar-refractivity contribution in [3.05, 3.63) is 88.0 Å². The third-order valence-electron chi connectivity index (χ3n) is 7.78. The molecule has 1 N–H and O–H groups in total. The largest absolute Gasteiger partial charge is 0.497 e. The summed E-state index contributed by atoms with van der Waals surface area (Å²) >= 11 is 0. The van der Waals surface area contributed by atoms with Gasteiger partial charge in [-0.25, -0.2) is 4.68 Å². The summed E-state index contributed by atoms with van der Waals surface area (Å²) in [6.07, 6.45) is 2.59. The predicted octanol–water partition coefficient (Wildman–Crippen LogP) is 6.58. The first-order valence-corrected chi connectivity index (χ1v) is 14.8. The minimum Gasteiger partial charge on any atom is -0.497 e. The van der Waals surface area contributed by atoms with Crippen LogP contribution in [-0.2, 0) is 27.4 Å². The number of ether oxygens (including phenoxy) is 3. The van der Waals surface area contributed by atoms with Crippen LogP contribution in [0.2, 0.25) is 0 Å². The van der Waals surface area contributed by atoms with Crippen LogP contribution >= 0.6 is 0 Å². The number of aliphatic hydroxyl groups is 1. The summed E-state index contributed by atoms with van der Waals surface area (Å²) in [6.45, 7) is 10.0. The predicted molar refractivity (Wildman–Crippen MR) is 164 cm³/mol. The number of fused-ring (bicyclic) bond motifs is 1. The fraction of sp³-hybridized carbons (Fsp3) is 0.441. The molecule has 0 amide bonds. The summed E-state index contributed by atoms with van der Waals surface area (Å²) in [5, 5.41) is 19.3. The van der Waals surface area contributed by atoms with Crippen LogP contribution in [0.25, 0.3) is 11.0 Å². The summed E-state index contributed by atoms with van der Waals surface area (Å²) < 4.78 is 18.3. The van der Waals surface area contributed by atoms with Gasteiger partial charge in [-0.05, 0) is 98.5 Å². The molecule has 8 nitrogen and oxygen atoms in total. The summed E-state index contributed by atoms with van der Waals surface area (Å²) in [5.41, 5.74) is 7.81. The van der Waals surface area contributed by atoms with Crippen LogP contribution in [0.1, 0.15) is 84.9 Å². The maximum Gasteiger partial charge on any atom is 0.306 e. The van der Waals surface area contributed by atoms with E-state index in [-0.39, 0.29) is 18.3 Å². The van der Waals surface area contributed by atoms with Crippen molar-refractivity contribution in [1.82, 2.24) is 15.0 Å². The molecule has 2 atom stereocenters. The molecule has 0 fully saturated rings. The molecule has 1 aromatic heterocycles. The van der Waals surface area contributed by atoms with Gasteiger partial charge in [0, 0.05) is 19.1 Å². The highest BCUT2D eigenvalue weighted by Crippen LogP contribution is 2.35. The number of aromatic nitrogens is 3. The molecule has 0 aliphatic heterocycles. The molecular weight excluding hydrogens is 530 g/mol. The zero-order valence-corrected chi connectivity index (χ0v) is 25.4. The molecule has 4 aromatic rings. The van der Waals surface area contributed by atoms with Crippen molar-refractivity contribution in [2.45, 2.75) is 78.6 Å². The monoisotopic (exact) mass is 573 g/mol. The average Bonchev–Trinajstić information content (AvgIpc) is 3.40. The number of aliphatic hydroxyl groups excluding tert-OH is 1. The Balaban J connectivity index is 1.41. The van der Waals surface area contributed by atoms with Crippen molar-refractivity contribution in [3.8, 4) is 5.75 Å². The van der Waals surface area contributed by atoms with Crippen molar-refractivity contribution in [2.24, 2.45) is 0 Å². The highest BCUT2D eigenvalue weighted by atomic mass is 16.5. The second-order valence-corrected chi connectivity index (χ2v) is 10.8. The SMILES string of the molecule is CCOC(=O)CC(c1ccc(C)c(C(C)O)c1)c1ccc2c(nnn2CCCCCOCc2ccc(OC)cc2)c1C. The lowest BCUT2D eigenvalue weighted by Crippen LogP contribution is -2.13. The van der Waals surface area contributed by atoms with Crippen molar-refractivity contribution >= 4 is 17.0 Å². The second-order valence-electron chi connectivity index (χ2n) is 10.8. The fourth-order valence-electron chi connectivity index (χ4n) is 5.40. The Bertz CT molecular complexity index is 1460. The number of carbonyl (C=O) groups excluding carboxylic acids is 1. The maximum absolute atomic E-state index is 12.7. The number of hydrogen-bond donors (Lipinski definition) is 1. The first-order valence-electron chi connectivity index (χ1n) is 14.8. The van der Waals surface area contributed by atoms with Gasteiger partial charge in [0.05, 0.1) is 38.4 Å². The van der Waals surface area contributed by atoms with Crippen LogP contribution in [0.4, 0.5) is 0 Å². The molecule has 4 rings (SSSR count). The summed E-state index contributed by atoms with van der Waals surface area (Å²) in [5.74, 6) is 0.368. The first kappa shape index (κ1) is 31.2. The summed E-state index contributed by atoms with van der Waals surface area (Å²) in [4.78, 5) is 12.7. The van der Waals surface area contributed by atoms with Crippen molar-refractivity contribution in [2.75, 3.05) is 20.3 Å². The Kier molecular flexibility index (Phi) is 11.1. The van der Waals surface area contributed by atoms with E-state index in [1.54, 1.807) is 14.0 Å². The second kappa shape index (κ2) is 14.9. The molecule has 0 bridgehead atoms. The molecule has 8 heteroatoms. The van der Waals surface area contributed by atoms with Crippen LogP contribution in [0.3, 0.4) is 0 Å². The van der Waals surface area contributed by atoms with E-state index < -0.39 is 6.10 Å². The van der Waals surface area contributed by atoms with E-state index in [9.17, 15) is 9.90 Å². The fourth-order valence-corrected chi connectivity index (χ4v) is 5.40. The number of aryl methyl sites for hydroxylation is 3. The Morgan fingerprint density at radius 3 is 2.50 bits per heavy atom. The highest BCUT2D eigenvalue weighted by Gasteiger charge is 2.24. The number of nitrogens with zero attached hydrogens (tertiary/aromatic N) is 3. The van der Waals surface area contributed by atoms with Gasteiger partial charge in [-0.1, -0.05) is 41.6 Å². The van der Waals surface area contributed by atoms with Gasteiger partial charge in [0.2, 0.25) is 0 Å². The van der Waals surface area contributed by atoms with Crippen LogP contribution in [-0.4, -0.2) is 46.4 Å². The third kappa shape index (κ3) is 7.75. The Labute approximate surface area is 248 Å². The maximum atomic E-state index is 12.7. The molecule has 0 saturated heterocycles. The number of methoxy groups -OCH3 is 1. The van der Waals surface area contributed by atoms with Gasteiger partial charge in [-0.3, -0.25) is 4.79 Å². The normalized spacial score (nSPS) is 12.8. The number of unbranched alkanes of at least 4 members (excludes halogenated alkanes) is 2. The molecule has 0 radical (unpaired) electrons. The lowest BCUT2D eigenvalue weighted by molar-refractivity contribution is -0.143. The van der Waals surface area contributed by atoms with Crippen LogP contribution in [0, 0.1) is 13.8 Å². The lowest BCUT2D eigenvalue weighted by Gasteiger charge is -2.21. The van der Waals surface area contributed by atoms with Gasteiger partial charge in [-0.2, -0.15) is 0 Å². The first-order chi connectivity index (χ1) is 20.3. The molecule has 0 saturated carbocycles. The van der Waals surface area contributed by atoms with Crippen LogP contribution in [0.5, 0.6) is 5.75 Å². The molecule has 0 spiro atoms. The average molecular weight is 574 g/mol. The molecule has 0 aliphatic carbocycles. The van der Waals surface area contributed by atoms with Crippen LogP contribution < -0.4 is 4.74 Å². The van der Waals surface area contributed by atoms with E-state index in [0.29, 0.717) is 19.8 Å². The van der Waals surface area contributed by atoms with E-state index in [1.807, 2.05) is 67.9 Å². The van der Waals surface area contributed by atoms with Gasteiger partial charge in [0.15, 0.2) is 0 Å². The van der Waals surface area contributed by atoms with Crippen molar-refractivity contribution < 1.29 is 24.1 Å². The van der Waals surface area contributed by atoms with Gasteiger partial charge < -0.3 is 19.3 Å². The molecule has 0 aliphatic rings. The van der Waals surface area contributed by atoms with Gasteiger partial charge in [0.1, 0.15) is 11.3 Å². The number of esters is 1. The summed E-state index contributed by atoms with van der Waals surface area (Å²) in [6, 6.07) is 18.1. The Morgan fingerprint density at radius 1 is 1.00 bits per heavy atom. The number of rotatable bonds is 15. The standard InChI is InChI=1S/C34H43N3O5/c1-6-42-33(39)21-31(27-13-10-23(2)30(20-27)25(4)38)29-16-17-32-34(24(29)3)35-36-37(32)18-8-7-9-19-41-22-26-11-14-28(40-5)15-12-26/h10-17,20,25,31,38H,6-9,18-19,21-22H2,1-5H3. The van der Waals surface area contributed by atoms with E-state index in [4.69, 9.17) is 14.2 Å². The molecule has 2 unspecified atom stereocenters. The van der Waals surface area contributed by atoms with Gasteiger partial charge in [0.25, 0.3) is 0 Å². The minimum absolute atomic E-state index is 0.206. The van der Waals surface area contributed by atoms with E-state index >= 15 is 0 Å². The number of benzene rings is 3. The highest BCUT2D eigenvalue weighted by molar-refractivity contribution is 5.80. The summed E-state index contributed by atoms with van der Waals surface area (Å²) in [7, 11) is 1.66.